The minimum absolute atomic E-state index is 0.205. The molecule has 2 aromatic rings. The van der Waals surface area contributed by atoms with Crippen LogP contribution >= 0.6 is 0 Å². The van der Waals surface area contributed by atoms with E-state index in [1.807, 2.05) is 0 Å². The van der Waals surface area contributed by atoms with Crippen LogP contribution in [0, 0.1) is 11.3 Å². The highest BCUT2D eigenvalue weighted by Crippen LogP contribution is 2.33. The van der Waals surface area contributed by atoms with E-state index in [0.29, 0.717) is 11.3 Å². The summed E-state index contributed by atoms with van der Waals surface area (Å²) in [6.45, 7) is 0. The van der Waals surface area contributed by atoms with Crippen LogP contribution in [0.4, 0.5) is 19.0 Å². The summed E-state index contributed by atoms with van der Waals surface area (Å²) < 4.78 is 37.9. The van der Waals surface area contributed by atoms with Gasteiger partial charge in [0.05, 0.1) is 22.9 Å². The highest BCUT2D eigenvalue weighted by Gasteiger charge is 2.33. The number of aromatic nitrogens is 2. The molecule has 19 heavy (non-hydrogen) atoms. The summed E-state index contributed by atoms with van der Waals surface area (Å²) in [5.74, 6) is 0.205. The van der Waals surface area contributed by atoms with Crippen molar-refractivity contribution >= 4 is 5.82 Å². The number of hydrogen-bond donors (Lipinski definition) is 1. The van der Waals surface area contributed by atoms with Gasteiger partial charge in [-0.1, -0.05) is 6.07 Å². The van der Waals surface area contributed by atoms with E-state index in [4.69, 9.17) is 11.0 Å². The second-order valence-corrected chi connectivity index (χ2v) is 3.71. The summed E-state index contributed by atoms with van der Waals surface area (Å²) in [4.78, 5) is 0. The SMILES string of the molecule is N#Cc1cc(-c2ccc(N)nn2)ccc1C(F)(F)F. The summed E-state index contributed by atoms with van der Waals surface area (Å²) in [5.41, 5.74) is 4.66. The van der Waals surface area contributed by atoms with Crippen molar-refractivity contribution in [2.24, 2.45) is 0 Å². The van der Waals surface area contributed by atoms with Crippen molar-refractivity contribution in [1.29, 1.82) is 5.26 Å². The van der Waals surface area contributed by atoms with E-state index >= 15 is 0 Å². The Morgan fingerprint density at radius 2 is 1.84 bits per heavy atom. The summed E-state index contributed by atoms with van der Waals surface area (Å²) in [6.07, 6.45) is -4.56. The van der Waals surface area contributed by atoms with Gasteiger partial charge in [0.25, 0.3) is 0 Å². The molecule has 0 atom stereocenters. The molecule has 2 N–H and O–H groups in total. The van der Waals surface area contributed by atoms with Crippen molar-refractivity contribution in [2.45, 2.75) is 6.18 Å². The molecule has 1 heterocycles. The molecule has 0 aliphatic carbocycles. The highest BCUT2D eigenvalue weighted by molar-refractivity contribution is 5.63. The molecule has 7 heteroatoms. The molecule has 1 aromatic heterocycles. The zero-order valence-corrected chi connectivity index (χ0v) is 9.44. The average Bonchev–Trinajstić information content (AvgIpc) is 2.38. The van der Waals surface area contributed by atoms with Gasteiger partial charge in [-0.25, -0.2) is 0 Å². The fourth-order valence-corrected chi connectivity index (χ4v) is 1.54. The van der Waals surface area contributed by atoms with E-state index in [-0.39, 0.29) is 5.82 Å². The Morgan fingerprint density at radius 1 is 1.11 bits per heavy atom. The van der Waals surface area contributed by atoms with Crippen LogP contribution in [0.5, 0.6) is 0 Å². The van der Waals surface area contributed by atoms with Crippen LogP contribution in [0.3, 0.4) is 0 Å². The van der Waals surface area contributed by atoms with Crippen molar-refractivity contribution < 1.29 is 13.2 Å². The molecule has 0 saturated heterocycles. The van der Waals surface area contributed by atoms with Crippen molar-refractivity contribution in [3.63, 3.8) is 0 Å². The van der Waals surface area contributed by atoms with Crippen LogP contribution in [0.1, 0.15) is 11.1 Å². The second-order valence-electron chi connectivity index (χ2n) is 3.71. The van der Waals surface area contributed by atoms with Gasteiger partial charge in [0, 0.05) is 5.56 Å². The quantitative estimate of drug-likeness (QED) is 0.859. The van der Waals surface area contributed by atoms with Gasteiger partial charge in [0.2, 0.25) is 0 Å². The third kappa shape index (κ3) is 2.63. The number of hydrogen-bond acceptors (Lipinski definition) is 4. The number of alkyl halides is 3. The number of anilines is 1. The number of rotatable bonds is 1. The fraction of sp³-hybridized carbons (Fsp3) is 0.0833. The average molecular weight is 264 g/mol. The zero-order chi connectivity index (χ0) is 14.0. The third-order valence-corrected chi connectivity index (χ3v) is 2.43. The maximum Gasteiger partial charge on any atom is 0.417 e. The highest BCUT2D eigenvalue weighted by atomic mass is 19.4. The first kappa shape index (κ1) is 12.8. The van der Waals surface area contributed by atoms with Crippen molar-refractivity contribution in [3.05, 3.63) is 41.5 Å². The Labute approximate surface area is 106 Å². The number of nitrogen functional groups attached to an aromatic ring is 1. The topological polar surface area (TPSA) is 75.6 Å². The molecule has 4 nitrogen and oxygen atoms in total. The van der Waals surface area contributed by atoms with Gasteiger partial charge in [-0.05, 0) is 24.3 Å². The standard InChI is InChI=1S/C12H7F3N4/c13-12(14,15)9-2-1-7(5-8(9)6-16)10-3-4-11(17)19-18-10/h1-5H,(H2,17,19). The second kappa shape index (κ2) is 4.57. The van der Waals surface area contributed by atoms with E-state index in [0.717, 1.165) is 12.1 Å². The van der Waals surface area contributed by atoms with Crippen LogP contribution in [-0.2, 0) is 6.18 Å². The minimum Gasteiger partial charge on any atom is -0.382 e. The molecule has 0 aliphatic heterocycles. The Morgan fingerprint density at radius 3 is 2.37 bits per heavy atom. The predicted molar refractivity (Wildman–Crippen MR) is 61.6 cm³/mol. The molecule has 0 unspecified atom stereocenters. The molecule has 0 spiro atoms. The van der Waals surface area contributed by atoms with Gasteiger partial charge >= 0.3 is 6.18 Å². The number of nitrogens with two attached hydrogens (primary N) is 1. The normalized spacial score (nSPS) is 11.1. The molecule has 1 aromatic carbocycles. The van der Waals surface area contributed by atoms with E-state index in [1.54, 1.807) is 0 Å². The fourth-order valence-electron chi connectivity index (χ4n) is 1.54. The molecular weight excluding hydrogens is 257 g/mol. The summed E-state index contributed by atoms with van der Waals surface area (Å²) in [6, 6.07) is 7.75. The van der Waals surface area contributed by atoms with Crippen LogP contribution < -0.4 is 5.73 Å². The largest absolute Gasteiger partial charge is 0.417 e. The predicted octanol–water partition coefficient (Wildman–Crippen LogP) is 2.62. The first-order valence-electron chi connectivity index (χ1n) is 5.13. The Kier molecular flexibility index (Phi) is 3.09. The molecule has 0 fully saturated rings. The maximum absolute atomic E-state index is 12.6. The Hall–Kier alpha value is -2.62. The van der Waals surface area contributed by atoms with Crippen LogP contribution in [0.15, 0.2) is 30.3 Å². The van der Waals surface area contributed by atoms with Gasteiger partial charge < -0.3 is 5.73 Å². The third-order valence-electron chi connectivity index (χ3n) is 2.43. The van der Waals surface area contributed by atoms with Gasteiger partial charge in [-0.3, -0.25) is 0 Å². The summed E-state index contributed by atoms with van der Waals surface area (Å²) >= 11 is 0. The van der Waals surface area contributed by atoms with Crippen molar-refractivity contribution in [3.8, 4) is 17.3 Å². The number of halogens is 3. The smallest absolute Gasteiger partial charge is 0.382 e. The lowest BCUT2D eigenvalue weighted by molar-refractivity contribution is -0.137. The molecule has 2 rings (SSSR count). The Balaban J connectivity index is 2.51. The molecule has 0 bridgehead atoms. The first-order valence-corrected chi connectivity index (χ1v) is 5.13. The van der Waals surface area contributed by atoms with Crippen LogP contribution in [0.2, 0.25) is 0 Å². The van der Waals surface area contributed by atoms with Gasteiger partial charge in [-0.2, -0.15) is 18.4 Å². The van der Waals surface area contributed by atoms with Crippen molar-refractivity contribution in [1.82, 2.24) is 10.2 Å². The molecule has 0 radical (unpaired) electrons. The number of benzene rings is 1. The molecule has 0 aliphatic rings. The van der Waals surface area contributed by atoms with E-state index in [1.165, 1.54) is 24.3 Å². The lowest BCUT2D eigenvalue weighted by atomic mass is 10.0. The molecular formula is C12H7F3N4. The van der Waals surface area contributed by atoms with Gasteiger partial charge in [0.15, 0.2) is 0 Å². The maximum atomic E-state index is 12.6. The van der Waals surface area contributed by atoms with Gasteiger partial charge in [0.1, 0.15) is 5.82 Å². The number of nitriles is 1. The lowest BCUT2D eigenvalue weighted by Crippen LogP contribution is -2.07. The number of nitrogens with zero attached hydrogens (tertiary/aromatic N) is 3. The van der Waals surface area contributed by atoms with Gasteiger partial charge in [-0.15, -0.1) is 10.2 Å². The molecule has 0 saturated carbocycles. The summed E-state index contributed by atoms with van der Waals surface area (Å²) in [5, 5.41) is 16.1. The van der Waals surface area contributed by atoms with E-state index in [9.17, 15) is 13.2 Å². The zero-order valence-electron chi connectivity index (χ0n) is 9.44. The Bertz CT molecular complexity index is 642. The lowest BCUT2D eigenvalue weighted by Gasteiger charge is -2.09. The van der Waals surface area contributed by atoms with Crippen LogP contribution in [0.25, 0.3) is 11.3 Å². The minimum atomic E-state index is -4.56. The van der Waals surface area contributed by atoms with E-state index < -0.39 is 17.3 Å². The first-order chi connectivity index (χ1) is 8.91. The van der Waals surface area contributed by atoms with Crippen LogP contribution in [-0.4, -0.2) is 10.2 Å². The molecule has 96 valence electrons. The van der Waals surface area contributed by atoms with E-state index in [2.05, 4.69) is 10.2 Å². The summed E-state index contributed by atoms with van der Waals surface area (Å²) in [7, 11) is 0. The monoisotopic (exact) mass is 264 g/mol. The van der Waals surface area contributed by atoms with Crippen molar-refractivity contribution in [2.75, 3.05) is 5.73 Å². The molecule has 0 amide bonds.